The molecule has 1 aliphatic heterocycles. The molecular weight excluding hydrogens is 519 g/mol. The van der Waals surface area contributed by atoms with Crippen molar-refractivity contribution in [1.82, 2.24) is 19.8 Å². The molecule has 2 bridgehead atoms. The van der Waals surface area contributed by atoms with Crippen molar-refractivity contribution in [2.75, 3.05) is 32.1 Å². The zero-order valence-corrected chi connectivity index (χ0v) is 24.5. The van der Waals surface area contributed by atoms with E-state index in [2.05, 4.69) is 41.3 Å². The van der Waals surface area contributed by atoms with E-state index < -0.39 is 0 Å². The summed E-state index contributed by atoms with van der Waals surface area (Å²) in [5, 5.41) is 7.70. The number of nitrogens with zero attached hydrogens (tertiary/aromatic N) is 4. The predicted molar refractivity (Wildman–Crippen MR) is 161 cm³/mol. The topological polar surface area (TPSA) is 83.8 Å². The summed E-state index contributed by atoms with van der Waals surface area (Å²) in [5.74, 6) is 2.44. The molecule has 4 atom stereocenters. The Labute approximate surface area is 241 Å². The summed E-state index contributed by atoms with van der Waals surface area (Å²) in [6, 6.07) is 11.2. The van der Waals surface area contributed by atoms with Gasteiger partial charge in [-0.25, -0.2) is 14.4 Å². The summed E-state index contributed by atoms with van der Waals surface area (Å²) in [4.78, 5) is 25.7. The van der Waals surface area contributed by atoms with Crippen LogP contribution >= 0.6 is 0 Å². The average Bonchev–Trinajstić information content (AvgIpc) is 3.54. The van der Waals surface area contributed by atoms with Gasteiger partial charge in [0.2, 0.25) is 0 Å². The maximum Gasteiger partial charge on any atom is 0.261 e. The van der Waals surface area contributed by atoms with E-state index in [1.807, 2.05) is 18.2 Å². The van der Waals surface area contributed by atoms with E-state index in [0.29, 0.717) is 53.2 Å². The van der Waals surface area contributed by atoms with Crippen LogP contribution in [0, 0.1) is 23.1 Å². The first-order chi connectivity index (χ1) is 19.7. The lowest BCUT2D eigenvalue weighted by Gasteiger charge is -2.39. The number of guanidine groups is 1. The number of piperazine rings is 1. The maximum atomic E-state index is 14.4. The van der Waals surface area contributed by atoms with Crippen LogP contribution in [0.3, 0.4) is 0 Å². The highest BCUT2D eigenvalue weighted by Gasteiger charge is 2.53. The molecule has 2 saturated carbocycles. The van der Waals surface area contributed by atoms with Crippen molar-refractivity contribution >= 4 is 22.5 Å². The van der Waals surface area contributed by atoms with Gasteiger partial charge in [-0.3, -0.25) is 9.36 Å². The number of aromatic nitrogens is 2. The molecule has 1 unspecified atom stereocenters. The number of halogens is 1. The lowest BCUT2D eigenvalue weighted by molar-refractivity contribution is 0.181. The maximum absolute atomic E-state index is 14.4. The van der Waals surface area contributed by atoms with E-state index >= 15 is 0 Å². The average molecular weight is 561 g/mol. The number of rotatable bonds is 6. The van der Waals surface area contributed by atoms with Crippen molar-refractivity contribution < 1.29 is 9.13 Å². The highest BCUT2D eigenvalue weighted by Crippen LogP contribution is 2.57. The molecule has 2 aromatic carbocycles. The van der Waals surface area contributed by atoms with Crippen LogP contribution in [0.1, 0.15) is 45.6 Å². The summed E-state index contributed by atoms with van der Waals surface area (Å²) in [5.41, 5.74) is 2.09. The highest BCUT2D eigenvalue weighted by molar-refractivity contribution is 5.96. The van der Waals surface area contributed by atoms with Gasteiger partial charge < -0.3 is 20.3 Å². The van der Waals surface area contributed by atoms with E-state index in [4.69, 9.17) is 9.73 Å². The van der Waals surface area contributed by atoms with Crippen molar-refractivity contribution in [2.45, 2.75) is 65.1 Å². The summed E-state index contributed by atoms with van der Waals surface area (Å²) in [7, 11) is 1.51. The first-order valence-electron chi connectivity index (χ1n) is 14.9. The molecule has 2 N–H and O–H groups in total. The van der Waals surface area contributed by atoms with Crippen molar-refractivity contribution in [3.63, 3.8) is 0 Å². The number of ether oxygens (including phenoxy) is 1. The summed E-state index contributed by atoms with van der Waals surface area (Å²) < 4.78 is 21.0. The number of hydrogen-bond acceptors (Lipinski definition) is 5. The zero-order chi connectivity index (χ0) is 28.7. The summed E-state index contributed by atoms with van der Waals surface area (Å²) in [6.07, 6.45) is 5.81. The third kappa shape index (κ3) is 5.44. The lowest BCUT2D eigenvalue weighted by atomic mass is 9.73. The van der Waals surface area contributed by atoms with Gasteiger partial charge in [0.1, 0.15) is 11.6 Å². The van der Waals surface area contributed by atoms with E-state index in [1.165, 1.54) is 32.4 Å². The molecule has 2 aliphatic carbocycles. The number of anilines is 1. The molecule has 3 aromatic rings. The number of aliphatic imine (C=N–C) groups is 1. The minimum absolute atomic E-state index is 0.135. The second-order valence-electron chi connectivity index (χ2n) is 12.6. The van der Waals surface area contributed by atoms with Crippen LogP contribution in [0.25, 0.3) is 10.9 Å². The molecule has 41 heavy (non-hydrogen) atoms. The summed E-state index contributed by atoms with van der Waals surface area (Å²) >= 11 is 0. The number of methoxy groups -OCH3 is 1. The Bertz CT molecular complexity index is 1520. The van der Waals surface area contributed by atoms with E-state index in [9.17, 15) is 9.18 Å². The van der Waals surface area contributed by atoms with Gasteiger partial charge >= 0.3 is 0 Å². The first kappa shape index (κ1) is 27.7. The molecule has 0 amide bonds. The van der Waals surface area contributed by atoms with E-state index in [1.54, 1.807) is 23.0 Å². The molecule has 1 aromatic heterocycles. The third-order valence-corrected chi connectivity index (χ3v) is 9.63. The van der Waals surface area contributed by atoms with Crippen molar-refractivity contribution in [3.05, 3.63) is 64.5 Å². The second kappa shape index (κ2) is 11.1. The molecule has 9 heteroatoms. The van der Waals surface area contributed by atoms with Crippen molar-refractivity contribution in [3.8, 4) is 5.75 Å². The quantitative estimate of drug-likeness (QED) is 0.337. The van der Waals surface area contributed by atoms with Crippen molar-refractivity contribution in [1.29, 1.82) is 0 Å². The fraction of sp³-hybridized carbons (Fsp3) is 0.531. The fourth-order valence-corrected chi connectivity index (χ4v) is 7.17. The standard InChI is InChI=1S/C32H41FN6O2/c1-20-18-38(14-12-34-20)31(37-29-22-5-7-23(15-22)32(29,2)3)36-24-8-10-26-28(16-24)35-19-39(30(26)40)13-11-21-6-9-25(41-4)17-27(21)33/h6,8-10,16-17,19-20,22-23,29,34H,5,7,11-15,18H2,1-4H3,(H,36,37)/t20-,22-,23+,29?/m0/s1. The highest BCUT2D eigenvalue weighted by atomic mass is 19.1. The van der Waals surface area contributed by atoms with Gasteiger partial charge in [0, 0.05) is 44.0 Å². The van der Waals surface area contributed by atoms with Crippen LogP contribution in [-0.4, -0.2) is 59.2 Å². The largest absolute Gasteiger partial charge is 0.497 e. The van der Waals surface area contributed by atoms with Gasteiger partial charge in [-0.1, -0.05) is 19.9 Å². The Morgan fingerprint density at radius 1 is 1.24 bits per heavy atom. The van der Waals surface area contributed by atoms with Crippen LogP contribution in [0.4, 0.5) is 10.1 Å². The number of nitrogens with one attached hydrogen (secondary N) is 2. The van der Waals surface area contributed by atoms with Crippen LogP contribution in [0.2, 0.25) is 0 Å². The molecule has 2 heterocycles. The molecule has 3 aliphatic rings. The molecule has 0 spiro atoms. The number of aryl methyl sites for hydroxylation is 2. The van der Waals surface area contributed by atoms with Crippen LogP contribution in [-0.2, 0) is 13.0 Å². The predicted octanol–water partition coefficient (Wildman–Crippen LogP) is 4.67. The molecule has 8 nitrogen and oxygen atoms in total. The SMILES string of the molecule is COc1ccc(CCn2cnc3cc(N/C(=N/C4[C@H]5CC[C@H](C5)C4(C)C)N4CCN[C@@H](C)C4)ccc3c2=O)c(F)c1. The van der Waals surface area contributed by atoms with Gasteiger partial charge in [0.05, 0.1) is 30.4 Å². The molecule has 1 saturated heterocycles. The third-order valence-electron chi connectivity index (χ3n) is 9.63. The minimum Gasteiger partial charge on any atom is -0.497 e. The normalized spacial score (nSPS) is 25.6. The zero-order valence-electron chi connectivity index (χ0n) is 24.5. The summed E-state index contributed by atoms with van der Waals surface area (Å²) in [6.45, 7) is 10.0. The van der Waals surface area contributed by atoms with Crippen LogP contribution in [0.15, 0.2) is 52.5 Å². The van der Waals surface area contributed by atoms with Gasteiger partial charge in [0.15, 0.2) is 5.96 Å². The lowest BCUT2D eigenvalue weighted by Crippen LogP contribution is -2.53. The van der Waals surface area contributed by atoms with E-state index in [0.717, 1.165) is 37.2 Å². The first-order valence-corrected chi connectivity index (χ1v) is 14.9. The molecule has 218 valence electrons. The molecule has 3 fully saturated rings. The molecular formula is C32H41FN6O2. The van der Waals surface area contributed by atoms with Gasteiger partial charge in [-0.05, 0) is 79.7 Å². The smallest absolute Gasteiger partial charge is 0.261 e. The number of hydrogen-bond donors (Lipinski definition) is 2. The number of benzene rings is 2. The second-order valence-corrected chi connectivity index (χ2v) is 12.6. The van der Waals surface area contributed by atoms with E-state index in [-0.39, 0.29) is 16.8 Å². The molecule has 0 radical (unpaired) electrons. The Kier molecular flexibility index (Phi) is 7.49. The van der Waals surface area contributed by atoms with Crippen LogP contribution in [0.5, 0.6) is 5.75 Å². The van der Waals surface area contributed by atoms with Gasteiger partial charge in [-0.15, -0.1) is 0 Å². The Morgan fingerprint density at radius 2 is 2.10 bits per heavy atom. The Morgan fingerprint density at radius 3 is 2.83 bits per heavy atom. The minimum atomic E-state index is -0.341. The number of fused-ring (bicyclic) bond motifs is 3. The van der Waals surface area contributed by atoms with Gasteiger partial charge in [-0.2, -0.15) is 0 Å². The Hall–Kier alpha value is -3.46. The van der Waals surface area contributed by atoms with Crippen molar-refractivity contribution in [2.24, 2.45) is 22.2 Å². The Balaban J connectivity index is 1.24. The monoisotopic (exact) mass is 560 g/mol. The molecule has 6 rings (SSSR count). The fourth-order valence-electron chi connectivity index (χ4n) is 7.17. The van der Waals surface area contributed by atoms with Crippen LogP contribution < -0.4 is 20.9 Å². The van der Waals surface area contributed by atoms with Gasteiger partial charge in [0.25, 0.3) is 5.56 Å².